The number of hydrogen-bond donors (Lipinski definition) is 3. The van der Waals surface area contributed by atoms with Gasteiger partial charge in [-0.05, 0) is 18.6 Å². The Morgan fingerprint density at radius 3 is 2.30 bits per heavy atom. The molecule has 0 heterocycles. The minimum atomic E-state index is -4.06. The Bertz CT molecular complexity index is 653. The lowest BCUT2D eigenvalue weighted by Crippen LogP contribution is -2.30. The van der Waals surface area contributed by atoms with Crippen LogP contribution >= 0.6 is 0 Å². The minimum Gasteiger partial charge on any atom is -0.398 e. The smallest absolute Gasteiger partial charge is 0.245 e. The minimum absolute atomic E-state index is 0.0430. The molecule has 0 spiro atoms. The van der Waals surface area contributed by atoms with Gasteiger partial charge in [0.1, 0.15) is 10.7 Å². The van der Waals surface area contributed by atoms with E-state index in [9.17, 15) is 21.2 Å². The van der Waals surface area contributed by atoms with E-state index in [0.717, 1.165) is 12.3 Å². The largest absolute Gasteiger partial charge is 0.398 e. The van der Waals surface area contributed by atoms with Gasteiger partial charge < -0.3 is 5.73 Å². The van der Waals surface area contributed by atoms with Gasteiger partial charge in [0, 0.05) is 13.1 Å². The maximum atomic E-state index is 13.5. The van der Waals surface area contributed by atoms with Crippen LogP contribution in [0.25, 0.3) is 0 Å². The van der Waals surface area contributed by atoms with Gasteiger partial charge in [-0.25, -0.2) is 30.7 Å². The van der Waals surface area contributed by atoms with Crippen LogP contribution in [0.3, 0.4) is 0 Å². The number of nitrogens with two attached hydrogens (primary N) is 1. The molecule has 0 amide bonds. The number of nitrogens with one attached hydrogen (secondary N) is 2. The SMILES string of the molecule is CS(=O)(=O)NCCCNS(=O)(=O)c1c(N)cccc1F. The van der Waals surface area contributed by atoms with Crippen LogP contribution in [-0.4, -0.2) is 36.2 Å². The second-order valence-electron chi connectivity index (χ2n) is 4.08. The van der Waals surface area contributed by atoms with E-state index >= 15 is 0 Å². The predicted molar refractivity (Wildman–Crippen MR) is 73.5 cm³/mol. The van der Waals surface area contributed by atoms with Gasteiger partial charge >= 0.3 is 0 Å². The Morgan fingerprint density at radius 1 is 1.15 bits per heavy atom. The second kappa shape index (κ2) is 6.48. The van der Waals surface area contributed by atoms with Gasteiger partial charge in [-0.1, -0.05) is 6.07 Å². The second-order valence-corrected chi connectivity index (χ2v) is 7.61. The molecule has 0 aliphatic heterocycles. The number of halogens is 1. The molecule has 7 nitrogen and oxygen atoms in total. The average Bonchev–Trinajstić information content (AvgIpc) is 2.26. The molecule has 0 aromatic heterocycles. The Balaban J connectivity index is 2.63. The highest BCUT2D eigenvalue weighted by atomic mass is 32.2. The molecule has 0 bridgehead atoms. The third-order valence-electron chi connectivity index (χ3n) is 2.28. The fourth-order valence-electron chi connectivity index (χ4n) is 1.43. The zero-order chi connectivity index (χ0) is 15.4. The topological polar surface area (TPSA) is 118 Å². The highest BCUT2D eigenvalue weighted by molar-refractivity contribution is 7.89. The first-order valence-corrected chi connectivity index (χ1v) is 8.99. The van der Waals surface area contributed by atoms with Crippen LogP contribution in [0, 0.1) is 5.82 Å². The molecule has 10 heteroatoms. The summed E-state index contributed by atoms with van der Waals surface area (Å²) in [6.45, 7) is 0.0345. The van der Waals surface area contributed by atoms with Crippen molar-refractivity contribution in [1.82, 2.24) is 9.44 Å². The summed E-state index contributed by atoms with van der Waals surface area (Å²) in [7, 11) is -7.38. The first-order chi connectivity index (χ1) is 9.13. The van der Waals surface area contributed by atoms with Crippen molar-refractivity contribution in [2.24, 2.45) is 0 Å². The molecular formula is C10H16FN3O4S2. The van der Waals surface area contributed by atoms with Crippen molar-refractivity contribution in [2.45, 2.75) is 11.3 Å². The van der Waals surface area contributed by atoms with E-state index in [1.54, 1.807) is 0 Å². The van der Waals surface area contributed by atoms with E-state index in [1.807, 2.05) is 0 Å². The van der Waals surface area contributed by atoms with Crippen LogP contribution in [0.4, 0.5) is 10.1 Å². The standard InChI is InChI=1S/C10H16FN3O4S2/c1-19(15,16)13-6-3-7-14-20(17,18)10-8(11)4-2-5-9(10)12/h2,4-5,13-14H,3,6-7,12H2,1H3. The van der Waals surface area contributed by atoms with Crippen molar-refractivity contribution < 1.29 is 21.2 Å². The molecule has 0 aliphatic carbocycles. The zero-order valence-corrected chi connectivity index (χ0v) is 12.4. The highest BCUT2D eigenvalue weighted by Crippen LogP contribution is 2.21. The van der Waals surface area contributed by atoms with Gasteiger partial charge in [0.05, 0.1) is 11.9 Å². The monoisotopic (exact) mass is 325 g/mol. The number of rotatable bonds is 7. The maximum absolute atomic E-state index is 13.5. The van der Waals surface area contributed by atoms with Crippen molar-refractivity contribution >= 4 is 25.7 Å². The van der Waals surface area contributed by atoms with E-state index in [-0.39, 0.29) is 25.2 Å². The Hall–Kier alpha value is -1.23. The number of nitrogen functional groups attached to an aromatic ring is 1. The maximum Gasteiger partial charge on any atom is 0.245 e. The van der Waals surface area contributed by atoms with Gasteiger partial charge in [-0.3, -0.25) is 0 Å². The fraction of sp³-hybridized carbons (Fsp3) is 0.400. The fourth-order valence-corrected chi connectivity index (χ4v) is 3.21. The van der Waals surface area contributed by atoms with Crippen LogP contribution in [0.15, 0.2) is 23.1 Å². The lowest BCUT2D eigenvalue weighted by molar-refractivity contribution is 0.556. The third-order valence-corrected chi connectivity index (χ3v) is 4.56. The lowest BCUT2D eigenvalue weighted by Gasteiger charge is -2.09. The molecule has 1 rings (SSSR count). The molecule has 1 aromatic rings. The van der Waals surface area contributed by atoms with Crippen molar-refractivity contribution in [3.05, 3.63) is 24.0 Å². The van der Waals surface area contributed by atoms with Crippen molar-refractivity contribution in [3.8, 4) is 0 Å². The number of hydrogen-bond acceptors (Lipinski definition) is 5. The summed E-state index contributed by atoms with van der Waals surface area (Å²) in [5.74, 6) is -0.938. The van der Waals surface area contributed by atoms with Crippen LogP contribution in [-0.2, 0) is 20.0 Å². The first kappa shape index (κ1) is 16.8. The molecule has 0 fully saturated rings. The summed E-state index contributed by atoms with van der Waals surface area (Å²) in [6.07, 6.45) is 1.22. The molecule has 0 aliphatic rings. The van der Waals surface area contributed by atoms with Crippen molar-refractivity contribution in [1.29, 1.82) is 0 Å². The van der Waals surface area contributed by atoms with Gasteiger partial charge in [-0.2, -0.15) is 0 Å². The average molecular weight is 325 g/mol. The van der Waals surface area contributed by atoms with E-state index in [2.05, 4.69) is 9.44 Å². The van der Waals surface area contributed by atoms with E-state index in [1.165, 1.54) is 12.1 Å². The van der Waals surface area contributed by atoms with E-state index < -0.39 is 30.8 Å². The summed E-state index contributed by atoms with van der Waals surface area (Å²) in [5, 5.41) is 0. The molecule has 0 radical (unpaired) electrons. The first-order valence-electron chi connectivity index (χ1n) is 5.62. The summed E-state index contributed by atoms with van der Waals surface area (Å²) in [4.78, 5) is -0.601. The van der Waals surface area contributed by atoms with Gasteiger partial charge in [0.25, 0.3) is 0 Å². The predicted octanol–water partition coefficient (Wildman–Crippen LogP) is -0.374. The molecule has 0 unspecified atom stereocenters. The normalized spacial score (nSPS) is 12.5. The van der Waals surface area contributed by atoms with Crippen LogP contribution in [0.1, 0.15) is 6.42 Å². The van der Waals surface area contributed by atoms with Crippen LogP contribution in [0.2, 0.25) is 0 Å². The molecule has 0 atom stereocenters. The molecule has 0 saturated heterocycles. The molecule has 114 valence electrons. The van der Waals surface area contributed by atoms with Gasteiger partial charge in [0.15, 0.2) is 0 Å². The number of sulfonamides is 2. The summed E-state index contributed by atoms with van der Waals surface area (Å²) < 4.78 is 63.2. The number of anilines is 1. The number of benzene rings is 1. The summed E-state index contributed by atoms with van der Waals surface area (Å²) in [5.41, 5.74) is 5.26. The van der Waals surface area contributed by atoms with E-state index in [4.69, 9.17) is 5.73 Å². The van der Waals surface area contributed by atoms with Gasteiger partial charge in [0.2, 0.25) is 20.0 Å². The Labute approximate surface area is 117 Å². The molecule has 1 aromatic carbocycles. The summed E-state index contributed by atoms with van der Waals surface area (Å²) in [6, 6.07) is 3.58. The lowest BCUT2D eigenvalue weighted by atomic mass is 10.3. The van der Waals surface area contributed by atoms with E-state index in [0.29, 0.717) is 0 Å². The Kier molecular flexibility index (Phi) is 5.45. The highest BCUT2D eigenvalue weighted by Gasteiger charge is 2.21. The molecule has 20 heavy (non-hydrogen) atoms. The van der Waals surface area contributed by atoms with Crippen molar-refractivity contribution in [3.63, 3.8) is 0 Å². The van der Waals surface area contributed by atoms with Crippen molar-refractivity contribution in [2.75, 3.05) is 25.1 Å². The molecule has 4 N–H and O–H groups in total. The quantitative estimate of drug-likeness (QED) is 0.467. The third kappa shape index (κ3) is 5.04. The van der Waals surface area contributed by atoms with Crippen LogP contribution < -0.4 is 15.2 Å². The molecular weight excluding hydrogens is 309 g/mol. The van der Waals surface area contributed by atoms with Crippen LogP contribution in [0.5, 0.6) is 0 Å². The summed E-state index contributed by atoms with van der Waals surface area (Å²) >= 11 is 0. The van der Waals surface area contributed by atoms with Gasteiger partial charge in [-0.15, -0.1) is 0 Å². The zero-order valence-electron chi connectivity index (χ0n) is 10.8. The Morgan fingerprint density at radius 2 is 1.75 bits per heavy atom. The molecule has 0 saturated carbocycles.